The van der Waals surface area contributed by atoms with Crippen molar-refractivity contribution < 1.29 is 8.42 Å². The molecule has 9 heteroatoms. The molecule has 0 unspecified atom stereocenters. The summed E-state index contributed by atoms with van der Waals surface area (Å²) < 4.78 is 27.8. The summed E-state index contributed by atoms with van der Waals surface area (Å²) in [5.41, 5.74) is 9.11. The summed E-state index contributed by atoms with van der Waals surface area (Å²) in [5, 5.41) is 3.63. The molecule has 1 aliphatic heterocycles. The van der Waals surface area contributed by atoms with Gasteiger partial charge in [0.1, 0.15) is 0 Å². The van der Waals surface area contributed by atoms with Gasteiger partial charge in [0.15, 0.2) is 0 Å². The van der Waals surface area contributed by atoms with E-state index in [4.69, 9.17) is 5.53 Å². The van der Waals surface area contributed by atoms with Gasteiger partial charge in [-0.3, -0.25) is 0 Å². The largest absolute Gasteiger partial charge is 0.302 e. The number of benzene rings is 1. The van der Waals surface area contributed by atoms with E-state index in [1.165, 1.54) is 0 Å². The number of rotatable bonds is 8. The average Bonchev–Trinajstić information content (AvgIpc) is 2.56. The molecule has 0 atom stereocenters. The summed E-state index contributed by atoms with van der Waals surface area (Å²) >= 11 is 3.34. The molecule has 132 valence electrons. The van der Waals surface area contributed by atoms with Crippen LogP contribution in [0.5, 0.6) is 0 Å². The third kappa shape index (κ3) is 6.78. The fourth-order valence-corrected chi connectivity index (χ4v) is 4.15. The lowest BCUT2D eigenvalue weighted by Gasteiger charge is -2.31. The van der Waals surface area contributed by atoms with Gasteiger partial charge in [-0.15, -0.1) is 0 Å². The van der Waals surface area contributed by atoms with Gasteiger partial charge in [0.25, 0.3) is 0 Å². The molecule has 1 heterocycles. The van der Waals surface area contributed by atoms with Gasteiger partial charge in [-0.1, -0.05) is 33.2 Å². The number of azide groups is 1. The molecule has 1 aliphatic rings. The number of likely N-dealkylation sites (tertiary alicyclic amines) is 1. The molecule has 0 saturated carbocycles. The molecule has 1 aromatic carbocycles. The summed E-state index contributed by atoms with van der Waals surface area (Å²) in [6, 6.07) is 7.28. The van der Waals surface area contributed by atoms with E-state index in [1.807, 2.05) is 12.1 Å². The fraction of sp³-hybridized carbons (Fsp3) is 0.600. The second-order valence-corrected chi connectivity index (χ2v) is 8.70. The Hall–Kier alpha value is -1.12. The van der Waals surface area contributed by atoms with E-state index < -0.39 is 10.0 Å². The lowest BCUT2D eigenvalue weighted by Crippen LogP contribution is -2.40. The molecule has 1 N–H and O–H groups in total. The number of nitrogens with zero attached hydrogens (tertiary/aromatic N) is 4. The summed E-state index contributed by atoms with van der Waals surface area (Å²) in [5.74, 6) is 0.445. The van der Waals surface area contributed by atoms with Crippen LogP contribution in [0, 0.1) is 5.92 Å². The van der Waals surface area contributed by atoms with Crippen LogP contribution in [-0.2, 0) is 15.8 Å². The predicted molar refractivity (Wildman–Crippen MR) is 97.9 cm³/mol. The van der Waals surface area contributed by atoms with E-state index in [1.54, 1.807) is 12.1 Å². The zero-order valence-electron chi connectivity index (χ0n) is 13.4. The van der Waals surface area contributed by atoms with Gasteiger partial charge < -0.3 is 4.90 Å². The van der Waals surface area contributed by atoms with Crippen LogP contribution in [0.4, 0.5) is 0 Å². The molecule has 1 saturated heterocycles. The van der Waals surface area contributed by atoms with Gasteiger partial charge in [-0.25, -0.2) is 13.1 Å². The van der Waals surface area contributed by atoms with Crippen molar-refractivity contribution in [3.05, 3.63) is 44.7 Å². The predicted octanol–water partition coefficient (Wildman–Crippen LogP) is 2.89. The number of hydrogen-bond donors (Lipinski definition) is 1. The van der Waals surface area contributed by atoms with Crippen LogP contribution in [0.3, 0.4) is 0 Å². The van der Waals surface area contributed by atoms with Crippen molar-refractivity contribution in [1.29, 1.82) is 0 Å². The van der Waals surface area contributed by atoms with E-state index >= 15 is 0 Å². The monoisotopic (exact) mass is 415 g/mol. The Morgan fingerprint density at radius 3 is 2.58 bits per heavy atom. The van der Waals surface area contributed by atoms with E-state index in [9.17, 15) is 8.42 Å². The van der Waals surface area contributed by atoms with Gasteiger partial charge in [-0.05, 0) is 55.1 Å². The van der Waals surface area contributed by atoms with Crippen molar-refractivity contribution in [3.8, 4) is 0 Å². The van der Waals surface area contributed by atoms with Crippen molar-refractivity contribution >= 4 is 26.0 Å². The van der Waals surface area contributed by atoms with Gasteiger partial charge in [-0.2, -0.15) is 0 Å². The summed E-state index contributed by atoms with van der Waals surface area (Å²) in [6.07, 6.45) is 1.98. The van der Waals surface area contributed by atoms with Gasteiger partial charge >= 0.3 is 0 Å². The van der Waals surface area contributed by atoms with Crippen molar-refractivity contribution in [2.24, 2.45) is 11.0 Å². The van der Waals surface area contributed by atoms with Crippen LogP contribution in [-0.4, -0.2) is 46.0 Å². The lowest BCUT2D eigenvalue weighted by molar-refractivity contribution is 0.190. The second-order valence-electron chi connectivity index (χ2n) is 5.98. The first kappa shape index (κ1) is 19.2. The highest BCUT2D eigenvalue weighted by atomic mass is 79.9. The molecule has 0 aliphatic carbocycles. The van der Waals surface area contributed by atoms with Crippen molar-refractivity contribution in [2.45, 2.75) is 18.6 Å². The van der Waals surface area contributed by atoms with Gasteiger partial charge in [0, 0.05) is 29.0 Å². The quantitative estimate of drug-likeness (QED) is 0.401. The first-order chi connectivity index (χ1) is 11.5. The minimum absolute atomic E-state index is 0.00544. The van der Waals surface area contributed by atoms with Crippen LogP contribution < -0.4 is 4.72 Å². The van der Waals surface area contributed by atoms with Crippen LogP contribution in [0.25, 0.3) is 10.4 Å². The molecule has 1 fully saturated rings. The van der Waals surface area contributed by atoms with Crippen molar-refractivity contribution in [3.63, 3.8) is 0 Å². The highest BCUT2D eigenvalue weighted by Crippen LogP contribution is 2.17. The zero-order chi connectivity index (χ0) is 17.4. The fourth-order valence-electron chi connectivity index (χ4n) is 2.75. The Labute approximate surface area is 151 Å². The molecule has 0 spiro atoms. The Morgan fingerprint density at radius 1 is 1.29 bits per heavy atom. The van der Waals surface area contributed by atoms with E-state index in [2.05, 4.69) is 35.6 Å². The minimum Gasteiger partial charge on any atom is -0.302 e. The molecule has 7 nitrogen and oxygen atoms in total. The molecular weight excluding hydrogens is 394 g/mol. The number of sulfonamides is 1. The average molecular weight is 416 g/mol. The standard InChI is InChI=1S/C15H22BrN5O2S/c16-15-3-1-14(2-4-15)12-24(22,23)19-7-10-21-8-5-13(6-9-21)11-18-20-17/h1-4,13,19H,5-12H2. The Morgan fingerprint density at radius 2 is 1.96 bits per heavy atom. The second kappa shape index (κ2) is 9.39. The molecule has 0 amide bonds. The summed E-state index contributed by atoms with van der Waals surface area (Å²) in [6.45, 7) is 3.51. The Balaban J connectivity index is 1.69. The van der Waals surface area contributed by atoms with E-state index in [0.29, 0.717) is 25.6 Å². The number of hydrogen-bond acceptors (Lipinski definition) is 4. The first-order valence-corrected chi connectivity index (χ1v) is 10.4. The van der Waals surface area contributed by atoms with Crippen molar-refractivity contribution in [2.75, 3.05) is 32.7 Å². The number of halogens is 1. The van der Waals surface area contributed by atoms with Crippen LogP contribution in [0.15, 0.2) is 33.9 Å². The minimum atomic E-state index is -3.32. The first-order valence-electron chi connectivity index (χ1n) is 7.93. The molecule has 2 rings (SSSR count). The third-order valence-corrected chi connectivity index (χ3v) is 6.02. The smallest absolute Gasteiger partial charge is 0.215 e. The highest BCUT2D eigenvalue weighted by molar-refractivity contribution is 9.10. The molecular formula is C15H22BrN5O2S. The van der Waals surface area contributed by atoms with Crippen LogP contribution in [0.1, 0.15) is 18.4 Å². The maximum atomic E-state index is 12.1. The van der Waals surface area contributed by atoms with E-state index in [-0.39, 0.29) is 5.75 Å². The normalized spacial score (nSPS) is 16.7. The highest BCUT2D eigenvalue weighted by Gasteiger charge is 2.19. The third-order valence-electron chi connectivity index (χ3n) is 4.13. The van der Waals surface area contributed by atoms with Crippen LogP contribution in [0.2, 0.25) is 0 Å². The summed E-state index contributed by atoms with van der Waals surface area (Å²) in [7, 11) is -3.32. The molecule has 0 aromatic heterocycles. The number of nitrogens with one attached hydrogen (secondary N) is 1. The summed E-state index contributed by atoms with van der Waals surface area (Å²) in [4.78, 5) is 5.04. The maximum Gasteiger partial charge on any atom is 0.215 e. The SMILES string of the molecule is [N-]=[N+]=NCC1CCN(CCNS(=O)(=O)Cc2ccc(Br)cc2)CC1. The van der Waals surface area contributed by atoms with Crippen molar-refractivity contribution in [1.82, 2.24) is 9.62 Å². The topological polar surface area (TPSA) is 98.2 Å². The molecule has 0 radical (unpaired) electrons. The molecule has 24 heavy (non-hydrogen) atoms. The lowest BCUT2D eigenvalue weighted by atomic mass is 9.97. The van der Waals surface area contributed by atoms with E-state index in [0.717, 1.165) is 36.0 Å². The Kier molecular flexibility index (Phi) is 7.51. The Bertz CT molecular complexity index is 666. The zero-order valence-corrected chi connectivity index (χ0v) is 15.8. The van der Waals surface area contributed by atoms with Gasteiger partial charge in [0.05, 0.1) is 5.75 Å². The maximum absolute atomic E-state index is 12.1. The van der Waals surface area contributed by atoms with Crippen LogP contribution >= 0.6 is 15.9 Å². The van der Waals surface area contributed by atoms with Gasteiger partial charge in [0.2, 0.25) is 10.0 Å². The molecule has 1 aromatic rings. The number of piperidine rings is 1. The molecule has 0 bridgehead atoms.